The van der Waals surface area contributed by atoms with Crippen LogP contribution in [-0.4, -0.2) is 5.75 Å². The van der Waals surface area contributed by atoms with Gasteiger partial charge in [-0.15, -0.1) is 11.8 Å². The highest BCUT2D eigenvalue weighted by atomic mass is 32.2. The Morgan fingerprint density at radius 2 is 2.00 bits per heavy atom. The molecule has 0 saturated heterocycles. The summed E-state index contributed by atoms with van der Waals surface area (Å²) in [6.45, 7) is 2.01. The van der Waals surface area contributed by atoms with Crippen LogP contribution in [0.5, 0.6) is 0 Å². The number of hydrogen-bond acceptors (Lipinski definition) is 3. The summed E-state index contributed by atoms with van der Waals surface area (Å²) in [6, 6.07) is 14.4. The van der Waals surface area contributed by atoms with Crippen molar-refractivity contribution in [2.45, 2.75) is 17.9 Å². The fraction of sp³-hybridized carbons (Fsp3) is 0.176. The molecule has 3 aromatic rings. The molecule has 0 saturated carbocycles. The zero-order chi connectivity index (χ0) is 14.8. The Morgan fingerprint density at radius 3 is 2.76 bits per heavy atom. The largest absolute Gasteiger partial charge is 0.459 e. The lowest BCUT2D eigenvalue weighted by atomic mass is 10.1. The van der Waals surface area contributed by atoms with E-state index in [0.29, 0.717) is 10.6 Å². The summed E-state index contributed by atoms with van der Waals surface area (Å²) in [5, 5.41) is 1.05. The Kier molecular flexibility index (Phi) is 3.99. The maximum atomic E-state index is 13.6. The van der Waals surface area contributed by atoms with Crippen LogP contribution in [0.4, 0.5) is 4.39 Å². The molecule has 0 radical (unpaired) electrons. The van der Waals surface area contributed by atoms with E-state index in [-0.39, 0.29) is 11.9 Å². The van der Waals surface area contributed by atoms with Crippen molar-refractivity contribution in [1.29, 1.82) is 0 Å². The lowest BCUT2D eigenvalue weighted by molar-refractivity contribution is 0.514. The number of fused-ring (bicyclic) bond motifs is 1. The highest BCUT2D eigenvalue weighted by molar-refractivity contribution is 7.99. The number of thioether (sulfide) groups is 1. The standard InChI is InChI=1S/C17H16FNOS/c1-11-5-4-6-12-9-15(20-17(11)12)14(19)10-21-16-8-3-2-7-13(16)18/h2-9,14H,10,19H2,1H3. The normalized spacial score (nSPS) is 12.7. The van der Waals surface area contributed by atoms with Crippen LogP contribution < -0.4 is 5.73 Å². The minimum atomic E-state index is -0.263. The second-order valence-electron chi connectivity index (χ2n) is 4.99. The summed E-state index contributed by atoms with van der Waals surface area (Å²) in [5.41, 5.74) is 8.13. The van der Waals surface area contributed by atoms with Gasteiger partial charge >= 0.3 is 0 Å². The molecule has 0 amide bonds. The van der Waals surface area contributed by atoms with Crippen LogP contribution in [0.3, 0.4) is 0 Å². The van der Waals surface area contributed by atoms with Crippen LogP contribution in [0, 0.1) is 12.7 Å². The smallest absolute Gasteiger partial charge is 0.137 e. The molecule has 2 nitrogen and oxygen atoms in total. The molecule has 1 atom stereocenters. The fourth-order valence-electron chi connectivity index (χ4n) is 2.24. The van der Waals surface area contributed by atoms with Crippen molar-refractivity contribution in [1.82, 2.24) is 0 Å². The molecule has 0 aliphatic heterocycles. The predicted molar refractivity (Wildman–Crippen MR) is 85.0 cm³/mol. The van der Waals surface area contributed by atoms with Gasteiger partial charge in [0.1, 0.15) is 17.2 Å². The average molecular weight is 301 g/mol. The first-order valence-corrected chi connectivity index (χ1v) is 7.75. The topological polar surface area (TPSA) is 39.2 Å². The van der Waals surface area contributed by atoms with E-state index in [9.17, 15) is 4.39 Å². The van der Waals surface area contributed by atoms with Gasteiger partial charge in [-0.3, -0.25) is 0 Å². The van der Waals surface area contributed by atoms with Crippen molar-refractivity contribution in [3.05, 3.63) is 65.7 Å². The van der Waals surface area contributed by atoms with Crippen LogP contribution >= 0.6 is 11.8 Å². The van der Waals surface area contributed by atoms with Gasteiger partial charge in [0.15, 0.2) is 0 Å². The van der Waals surface area contributed by atoms with Crippen LogP contribution in [0.25, 0.3) is 11.0 Å². The summed E-state index contributed by atoms with van der Waals surface area (Å²) in [4.78, 5) is 0.611. The van der Waals surface area contributed by atoms with E-state index < -0.39 is 0 Å². The van der Waals surface area contributed by atoms with Gasteiger partial charge in [-0.1, -0.05) is 30.3 Å². The molecule has 0 spiro atoms. The molecule has 108 valence electrons. The van der Waals surface area contributed by atoms with Crippen LogP contribution in [0.1, 0.15) is 17.4 Å². The third-order valence-corrected chi connectivity index (χ3v) is 4.55. The monoisotopic (exact) mass is 301 g/mol. The van der Waals surface area contributed by atoms with Crippen molar-refractivity contribution < 1.29 is 8.81 Å². The van der Waals surface area contributed by atoms with E-state index in [1.807, 2.05) is 37.3 Å². The molecule has 0 fully saturated rings. The lowest BCUT2D eigenvalue weighted by Gasteiger charge is -2.08. The molecule has 2 N–H and O–H groups in total. The Hall–Kier alpha value is -1.78. The van der Waals surface area contributed by atoms with Crippen molar-refractivity contribution in [3.8, 4) is 0 Å². The molecule has 0 aliphatic carbocycles. The van der Waals surface area contributed by atoms with Crippen molar-refractivity contribution >= 4 is 22.7 Å². The molecule has 1 aromatic heterocycles. The Balaban J connectivity index is 1.76. The maximum Gasteiger partial charge on any atom is 0.137 e. The lowest BCUT2D eigenvalue weighted by Crippen LogP contribution is -2.12. The minimum Gasteiger partial charge on any atom is -0.459 e. The fourth-order valence-corrected chi connectivity index (χ4v) is 3.14. The number of nitrogens with two attached hydrogens (primary N) is 1. The molecular weight excluding hydrogens is 285 g/mol. The number of para-hydroxylation sites is 1. The van der Waals surface area contributed by atoms with Gasteiger partial charge in [-0.25, -0.2) is 4.39 Å². The summed E-state index contributed by atoms with van der Waals surface area (Å²) >= 11 is 1.40. The summed E-state index contributed by atoms with van der Waals surface area (Å²) in [5.74, 6) is 1.10. The number of hydrogen-bond donors (Lipinski definition) is 1. The molecular formula is C17H16FNOS. The number of aryl methyl sites for hydroxylation is 1. The van der Waals surface area contributed by atoms with Gasteiger partial charge in [0.05, 0.1) is 6.04 Å². The van der Waals surface area contributed by atoms with E-state index in [0.717, 1.165) is 22.3 Å². The first kappa shape index (κ1) is 14.2. The third kappa shape index (κ3) is 2.96. The van der Waals surface area contributed by atoms with Gasteiger partial charge in [0, 0.05) is 16.0 Å². The minimum absolute atomic E-state index is 0.213. The Morgan fingerprint density at radius 1 is 1.19 bits per heavy atom. The first-order valence-electron chi connectivity index (χ1n) is 6.77. The number of furan rings is 1. The highest BCUT2D eigenvalue weighted by Gasteiger charge is 2.14. The summed E-state index contributed by atoms with van der Waals surface area (Å²) < 4.78 is 19.4. The third-order valence-electron chi connectivity index (χ3n) is 3.38. The van der Waals surface area contributed by atoms with Crippen LogP contribution in [-0.2, 0) is 0 Å². The van der Waals surface area contributed by atoms with Gasteiger partial charge in [-0.2, -0.15) is 0 Å². The summed E-state index contributed by atoms with van der Waals surface area (Å²) in [6.07, 6.45) is 0. The first-order chi connectivity index (χ1) is 10.1. The van der Waals surface area contributed by atoms with E-state index >= 15 is 0 Å². The number of halogens is 1. The van der Waals surface area contributed by atoms with Crippen molar-refractivity contribution in [3.63, 3.8) is 0 Å². The molecule has 21 heavy (non-hydrogen) atoms. The SMILES string of the molecule is Cc1cccc2cc(C(N)CSc3ccccc3F)oc12. The zero-order valence-corrected chi connectivity index (χ0v) is 12.5. The predicted octanol–water partition coefficient (Wildman–Crippen LogP) is 4.67. The molecule has 4 heteroatoms. The van der Waals surface area contributed by atoms with Gasteiger partial charge in [0.25, 0.3) is 0 Å². The van der Waals surface area contributed by atoms with E-state index in [1.165, 1.54) is 17.8 Å². The number of rotatable bonds is 4. The van der Waals surface area contributed by atoms with Crippen molar-refractivity contribution in [2.75, 3.05) is 5.75 Å². The number of benzene rings is 2. The van der Waals surface area contributed by atoms with Crippen LogP contribution in [0.15, 0.2) is 57.8 Å². The van der Waals surface area contributed by atoms with Gasteiger partial charge in [-0.05, 0) is 30.7 Å². The molecule has 3 rings (SSSR count). The molecule has 1 heterocycles. The van der Waals surface area contributed by atoms with Crippen molar-refractivity contribution in [2.24, 2.45) is 5.73 Å². The van der Waals surface area contributed by atoms with Gasteiger partial charge < -0.3 is 10.2 Å². The average Bonchev–Trinajstić information content (AvgIpc) is 2.92. The second-order valence-corrected chi connectivity index (χ2v) is 6.05. The molecule has 1 unspecified atom stereocenters. The maximum absolute atomic E-state index is 13.6. The quantitative estimate of drug-likeness (QED) is 0.712. The van der Waals surface area contributed by atoms with Crippen LogP contribution in [0.2, 0.25) is 0 Å². The van der Waals surface area contributed by atoms with E-state index in [4.69, 9.17) is 10.2 Å². The zero-order valence-electron chi connectivity index (χ0n) is 11.7. The molecule has 0 aliphatic rings. The summed E-state index contributed by atoms with van der Waals surface area (Å²) in [7, 11) is 0. The Labute approximate surface area is 127 Å². The van der Waals surface area contributed by atoms with E-state index in [1.54, 1.807) is 12.1 Å². The Bertz CT molecular complexity index is 768. The molecule has 0 bridgehead atoms. The van der Waals surface area contributed by atoms with Gasteiger partial charge in [0.2, 0.25) is 0 Å². The van der Waals surface area contributed by atoms with E-state index in [2.05, 4.69) is 0 Å². The second kappa shape index (κ2) is 5.92. The highest BCUT2D eigenvalue weighted by Crippen LogP contribution is 2.29. The molecule has 2 aromatic carbocycles.